The molecule has 0 bridgehead atoms. The van der Waals surface area contributed by atoms with Gasteiger partial charge in [-0.25, -0.2) is 0 Å². The molecular formula is C14H9NO2. The number of hydrogen-bond donors (Lipinski definition) is 0. The number of benzene rings is 1. The van der Waals surface area contributed by atoms with E-state index in [0.717, 1.165) is 5.56 Å². The van der Waals surface area contributed by atoms with Gasteiger partial charge in [-0.05, 0) is 17.7 Å². The Kier molecular flexibility index (Phi) is 2.11. The average Bonchev–Trinajstić information content (AvgIpc) is 2.64. The molecule has 1 atom stereocenters. The highest BCUT2D eigenvalue weighted by Gasteiger charge is 2.40. The number of pyridine rings is 1. The average molecular weight is 223 g/mol. The van der Waals surface area contributed by atoms with Crippen LogP contribution in [0.1, 0.15) is 32.3 Å². The third kappa shape index (κ3) is 1.40. The van der Waals surface area contributed by atoms with Crippen molar-refractivity contribution < 1.29 is 9.59 Å². The number of ketones is 2. The van der Waals surface area contributed by atoms with Gasteiger partial charge in [0.1, 0.15) is 11.6 Å². The summed E-state index contributed by atoms with van der Waals surface area (Å²) >= 11 is 0. The highest BCUT2D eigenvalue weighted by molar-refractivity contribution is 6.28. The van der Waals surface area contributed by atoms with Gasteiger partial charge in [-0.3, -0.25) is 14.6 Å². The van der Waals surface area contributed by atoms with E-state index in [1.54, 1.807) is 24.3 Å². The Morgan fingerprint density at radius 1 is 0.882 bits per heavy atom. The normalized spacial score (nSPS) is 18.2. The molecule has 3 rings (SSSR count). The Balaban J connectivity index is 2.13. The summed E-state index contributed by atoms with van der Waals surface area (Å²) in [7, 11) is 0. The summed E-state index contributed by atoms with van der Waals surface area (Å²) in [5.41, 5.74) is 1.47. The molecule has 82 valence electrons. The minimum absolute atomic E-state index is 0.149. The van der Waals surface area contributed by atoms with Crippen LogP contribution in [0.3, 0.4) is 0 Å². The summed E-state index contributed by atoms with van der Waals surface area (Å²) in [5.74, 6) is -1.05. The van der Waals surface area contributed by atoms with E-state index in [1.165, 1.54) is 6.20 Å². The van der Waals surface area contributed by atoms with E-state index in [2.05, 4.69) is 4.98 Å². The Morgan fingerprint density at radius 3 is 2.35 bits per heavy atom. The molecule has 2 aromatic rings. The number of carbonyl (C=O) groups is 2. The van der Waals surface area contributed by atoms with Gasteiger partial charge >= 0.3 is 0 Å². The van der Waals surface area contributed by atoms with Crippen LogP contribution in [0.15, 0.2) is 48.7 Å². The van der Waals surface area contributed by atoms with Gasteiger partial charge < -0.3 is 0 Å². The molecular weight excluding hydrogens is 214 g/mol. The molecule has 0 fully saturated rings. The van der Waals surface area contributed by atoms with Crippen molar-refractivity contribution in [1.29, 1.82) is 0 Å². The fourth-order valence-corrected chi connectivity index (χ4v) is 2.16. The topological polar surface area (TPSA) is 47.0 Å². The van der Waals surface area contributed by atoms with Gasteiger partial charge in [0.05, 0.1) is 0 Å². The van der Waals surface area contributed by atoms with Crippen LogP contribution in [0.2, 0.25) is 0 Å². The van der Waals surface area contributed by atoms with Crippen molar-refractivity contribution in [2.75, 3.05) is 0 Å². The van der Waals surface area contributed by atoms with Crippen LogP contribution in [-0.4, -0.2) is 16.6 Å². The Morgan fingerprint density at radius 2 is 1.65 bits per heavy atom. The van der Waals surface area contributed by atoms with E-state index in [4.69, 9.17) is 0 Å². The maximum absolute atomic E-state index is 12.1. The highest BCUT2D eigenvalue weighted by Crippen LogP contribution is 2.32. The van der Waals surface area contributed by atoms with E-state index in [0.29, 0.717) is 11.3 Å². The molecule has 0 saturated heterocycles. The van der Waals surface area contributed by atoms with Gasteiger partial charge in [-0.1, -0.05) is 30.3 Å². The van der Waals surface area contributed by atoms with Crippen molar-refractivity contribution >= 4 is 11.6 Å². The quantitative estimate of drug-likeness (QED) is 0.696. The minimum atomic E-state index is -0.707. The van der Waals surface area contributed by atoms with Gasteiger partial charge in [0, 0.05) is 11.8 Å². The monoisotopic (exact) mass is 223 g/mol. The first-order valence-corrected chi connectivity index (χ1v) is 5.37. The fraction of sp³-hybridized carbons (Fsp3) is 0.0714. The zero-order valence-electron chi connectivity index (χ0n) is 8.96. The van der Waals surface area contributed by atoms with Crippen molar-refractivity contribution in [3.05, 3.63) is 65.5 Å². The lowest BCUT2D eigenvalue weighted by molar-refractivity contribution is 0.0888. The van der Waals surface area contributed by atoms with Gasteiger partial charge in [-0.15, -0.1) is 0 Å². The first kappa shape index (κ1) is 9.90. The van der Waals surface area contributed by atoms with E-state index < -0.39 is 5.92 Å². The van der Waals surface area contributed by atoms with Crippen molar-refractivity contribution in [1.82, 2.24) is 4.98 Å². The molecule has 1 unspecified atom stereocenters. The number of rotatable bonds is 1. The Bertz CT molecular complexity index is 570. The Labute approximate surface area is 98.1 Å². The molecule has 0 aliphatic heterocycles. The smallest absolute Gasteiger partial charge is 0.197 e. The molecule has 0 saturated carbocycles. The summed E-state index contributed by atoms with van der Waals surface area (Å²) in [5, 5.41) is 0. The number of aromatic nitrogens is 1. The summed E-state index contributed by atoms with van der Waals surface area (Å²) in [6, 6.07) is 12.4. The number of carbonyl (C=O) groups excluding carboxylic acids is 2. The van der Waals surface area contributed by atoms with Crippen molar-refractivity contribution in [2.45, 2.75) is 5.92 Å². The number of Topliss-reactive ketones (excluding diaryl/α,β-unsaturated/α-hetero) is 2. The lowest BCUT2D eigenvalue weighted by Gasteiger charge is -2.05. The molecule has 17 heavy (non-hydrogen) atoms. The highest BCUT2D eigenvalue weighted by atomic mass is 16.2. The zero-order valence-corrected chi connectivity index (χ0v) is 8.96. The van der Waals surface area contributed by atoms with Gasteiger partial charge in [0.2, 0.25) is 0 Å². The predicted octanol–water partition coefficient (Wildman–Crippen LogP) is 2.24. The summed E-state index contributed by atoms with van der Waals surface area (Å²) in [4.78, 5) is 28.3. The van der Waals surface area contributed by atoms with Crippen LogP contribution in [-0.2, 0) is 0 Å². The maximum Gasteiger partial charge on any atom is 0.197 e. The summed E-state index contributed by atoms with van der Waals surface area (Å²) in [6.07, 6.45) is 1.54. The van der Waals surface area contributed by atoms with Crippen molar-refractivity contribution in [3.63, 3.8) is 0 Å². The molecule has 1 aliphatic carbocycles. The predicted molar refractivity (Wildman–Crippen MR) is 62.1 cm³/mol. The third-order valence-electron chi connectivity index (χ3n) is 2.96. The molecule has 1 aromatic carbocycles. The molecule has 1 aromatic heterocycles. The van der Waals surface area contributed by atoms with E-state index in [1.807, 2.05) is 18.2 Å². The van der Waals surface area contributed by atoms with E-state index >= 15 is 0 Å². The lowest BCUT2D eigenvalue weighted by atomic mass is 9.95. The number of hydrogen-bond acceptors (Lipinski definition) is 3. The van der Waals surface area contributed by atoms with Crippen LogP contribution in [0.4, 0.5) is 0 Å². The number of fused-ring (bicyclic) bond motifs is 1. The van der Waals surface area contributed by atoms with Gasteiger partial charge in [-0.2, -0.15) is 0 Å². The van der Waals surface area contributed by atoms with Crippen molar-refractivity contribution in [2.24, 2.45) is 0 Å². The first-order valence-electron chi connectivity index (χ1n) is 5.37. The zero-order chi connectivity index (χ0) is 11.8. The summed E-state index contributed by atoms with van der Waals surface area (Å²) < 4.78 is 0. The largest absolute Gasteiger partial charge is 0.293 e. The van der Waals surface area contributed by atoms with E-state index in [9.17, 15) is 9.59 Å². The molecule has 3 nitrogen and oxygen atoms in total. The molecule has 1 heterocycles. The van der Waals surface area contributed by atoms with E-state index in [-0.39, 0.29) is 11.6 Å². The van der Waals surface area contributed by atoms with Crippen LogP contribution in [0.5, 0.6) is 0 Å². The maximum atomic E-state index is 12.1. The van der Waals surface area contributed by atoms with Gasteiger partial charge in [0.15, 0.2) is 11.6 Å². The molecule has 1 aliphatic rings. The second-order valence-corrected chi connectivity index (χ2v) is 3.97. The fourth-order valence-electron chi connectivity index (χ4n) is 2.16. The first-order chi connectivity index (χ1) is 8.29. The standard InChI is InChI=1S/C14H9NO2/c16-13-10-7-4-8-15-12(10)14(17)11(13)9-5-2-1-3-6-9/h1-8,11H. The third-order valence-corrected chi connectivity index (χ3v) is 2.96. The number of nitrogens with zero attached hydrogens (tertiary/aromatic N) is 1. The van der Waals surface area contributed by atoms with Crippen LogP contribution < -0.4 is 0 Å². The second kappa shape index (κ2) is 3.63. The minimum Gasteiger partial charge on any atom is -0.293 e. The molecule has 0 spiro atoms. The van der Waals surface area contributed by atoms with Crippen LogP contribution >= 0.6 is 0 Å². The molecule has 3 heteroatoms. The molecule has 0 amide bonds. The molecule has 0 radical (unpaired) electrons. The van der Waals surface area contributed by atoms with Crippen molar-refractivity contribution in [3.8, 4) is 0 Å². The molecule has 0 N–H and O–H groups in total. The van der Waals surface area contributed by atoms with Gasteiger partial charge in [0.25, 0.3) is 0 Å². The van der Waals surface area contributed by atoms with Crippen LogP contribution in [0.25, 0.3) is 0 Å². The summed E-state index contributed by atoms with van der Waals surface area (Å²) in [6.45, 7) is 0. The SMILES string of the molecule is O=C1c2cccnc2C(=O)C1c1ccccc1. The second-order valence-electron chi connectivity index (χ2n) is 3.97. The Hall–Kier alpha value is -2.29. The lowest BCUT2D eigenvalue weighted by Crippen LogP contribution is -2.12. The van der Waals surface area contributed by atoms with Crippen LogP contribution in [0, 0.1) is 0 Å².